The SMILES string of the molecule is N#C/C(=N\Nc1ccc2cc(-n3ncc(-c4ccccc4)n3)c(=O)oc2c1)C(=N)N. The van der Waals surface area contributed by atoms with Crippen LogP contribution in [0.2, 0.25) is 0 Å². The zero-order valence-electron chi connectivity index (χ0n) is 15.4. The molecule has 10 nitrogen and oxygen atoms in total. The van der Waals surface area contributed by atoms with Gasteiger partial charge in [-0.25, -0.2) is 4.79 Å². The molecule has 0 saturated heterocycles. The molecule has 0 amide bonds. The normalized spacial score (nSPS) is 11.2. The standard InChI is InChI=1S/C20H14N8O2/c21-10-15(19(22)23)26-25-14-7-6-13-8-17(20(29)30-18(13)9-14)28-24-11-16(27-28)12-4-2-1-3-5-12/h1-9,11,25H,(H3,22,23)/b26-15+. The Morgan fingerprint density at radius 1 is 1.23 bits per heavy atom. The summed E-state index contributed by atoms with van der Waals surface area (Å²) in [6.07, 6.45) is 1.58. The summed E-state index contributed by atoms with van der Waals surface area (Å²) < 4.78 is 5.41. The second kappa shape index (κ2) is 7.69. The molecule has 0 radical (unpaired) electrons. The molecule has 0 aliphatic heterocycles. The van der Waals surface area contributed by atoms with Crippen LogP contribution in [0.4, 0.5) is 5.69 Å². The second-order valence-corrected chi connectivity index (χ2v) is 6.15. The predicted molar refractivity (Wildman–Crippen MR) is 111 cm³/mol. The Morgan fingerprint density at radius 2 is 2.03 bits per heavy atom. The molecular formula is C20H14N8O2. The zero-order chi connectivity index (χ0) is 21.1. The molecule has 0 unspecified atom stereocenters. The molecule has 0 fully saturated rings. The average molecular weight is 398 g/mol. The maximum absolute atomic E-state index is 12.5. The van der Waals surface area contributed by atoms with E-state index in [9.17, 15) is 4.79 Å². The van der Waals surface area contributed by atoms with Crippen molar-refractivity contribution < 1.29 is 4.42 Å². The molecule has 4 rings (SSSR count). The van der Waals surface area contributed by atoms with E-state index in [0.717, 1.165) is 5.56 Å². The van der Waals surface area contributed by atoms with Crippen molar-refractivity contribution in [3.05, 3.63) is 71.2 Å². The molecule has 0 aliphatic carbocycles. The second-order valence-electron chi connectivity index (χ2n) is 6.15. The van der Waals surface area contributed by atoms with E-state index in [1.807, 2.05) is 30.3 Å². The number of nitrogens with two attached hydrogens (primary N) is 1. The van der Waals surface area contributed by atoms with Crippen molar-refractivity contribution in [3.63, 3.8) is 0 Å². The van der Waals surface area contributed by atoms with Crippen molar-refractivity contribution in [1.29, 1.82) is 10.7 Å². The van der Waals surface area contributed by atoms with Gasteiger partial charge >= 0.3 is 5.63 Å². The van der Waals surface area contributed by atoms with Gasteiger partial charge in [0, 0.05) is 17.0 Å². The first-order valence-corrected chi connectivity index (χ1v) is 8.69. The van der Waals surface area contributed by atoms with Crippen molar-refractivity contribution >= 4 is 28.2 Å². The Hall–Kier alpha value is -4.78. The first-order chi connectivity index (χ1) is 14.5. The topological polar surface area (TPSA) is 159 Å². The first-order valence-electron chi connectivity index (χ1n) is 8.69. The molecular weight excluding hydrogens is 384 g/mol. The highest BCUT2D eigenvalue weighted by atomic mass is 16.4. The summed E-state index contributed by atoms with van der Waals surface area (Å²) in [7, 11) is 0. The molecule has 0 atom stereocenters. The molecule has 0 spiro atoms. The monoisotopic (exact) mass is 398 g/mol. The fraction of sp³-hybridized carbons (Fsp3) is 0. The van der Waals surface area contributed by atoms with E-state index in [1.165, 1.54) is 4.80 Å². The lowest BCUT2D eigenvalue weighted by atomic mass is 10.2. The lowest BCUT2D eigenvalue weighted by molar-refractivity contribution is 0.546. The van der Waals surface area contributed by atoms with E-state index < -0.39 is 11.5 Å². The van der Waals surface area contributed by atoms with Crippen LogP contribution in [-0.2, 0) is 0 Å². The Balaban J connectivity index is 1.67. The van der Waals surface area contributed by atoms with Crippen molar-refractivity contribution in [2.75, 3.05) is 5.43 Å². The Labute approximate surface area is 169 Å². The van der Waals surface area contributed by atoms with Gasteiger partial charge in [0.15, 0.2) is 11.5 Å². The highest BCUT2D eigenvalue weighted by Crippen LogP contribution is 2.21. The summed E-state index contributed by atoms with van der Waals surface area (Å²) in [5.41, 5.74) is 9.43. The fourth-order valence-electron chi connectivity index (χ4n) is 2.70. The van der Waals surface area contributed by atoms with Crippen LogP contribution >= 0.6 is 0 Å². The van der Waals surface area contributed by atoms with Crippen molar-refractivity contribution in [1.82, 2.24) is 15.0 Å². The molecule has 4 aromatic rings. The van der Waals surface area contributed by atoms with Gasteiger partial charge < -0.3 is 10.2 Å². The lowest BCUT2D eigenvalue weighted by Gasteiger charge is -2.04. The average Bonchev–Trinajstić information content (AvgIpc) is 3.24. The smallest absolute Gasteiger partial charge is 0.364 e. The van der Waals surface area contributed by atoms with Crippen LogP contribution in [0.5, 0.6) is 0 Å². The van der Waals surface area contributed by atoms with E-state index in [1.54, 1.807) is 36.5 Å². The van der Waals surface area contributed by atoms with Gasteiger partial charge in [-0.1, -0.05) is 30.3 Å². The molecule has 0 aliphatic rings. The summed E-state index contributed by atoms with van der Waals surface area (Å²) >= 11 is 0. The van der Waals surface area contributed by atoms with Crippen molar-refractivity contribution in [2.24, 2.45) is 10.8 Å². The molecule has 0 saturated carbocycles. The van der Waals surface area contributed by atoms with Crippen LogP contribution in [0.1, 0.15) is 0 Å². The predicted octanol–water partition coefficient (Wildman–Crippen LogP) is 2.27. The molecule has 30 heavy (non-hydrogen) atoms. The van der Waals surface area contributed by atoms with E-state index >= 15 is 0 Å². The van der Waals surface area contributed by atoms with Gasteiger partial charge in [0.05, 0.1) is 11.9 Å². The molecule has 0 bridgehead atoms. The summed E-state index contributed by atoms with van der Waals surface area (Å²) in [6.45, 7) is 0. The van der Waals surface area contributed by atoms with E-state index in [-0.39, 0.29) is 11.4 Å². The first kappa shape index (κ1) is 18.6. The summed E-state index contributed by atoms with van der Waals surface area (Å²) in [6, 6.07) is 17.8. The van der Waals surface area contributed by atoms with Gasteiger partial charge in [-0.15, -0.1) is 9.90 Å². The number of hydrogen-bond acceptors (Lipinski definition) is 8. The number of amidine groups is 1. The van der Waals surface area contributed by atoms with Crippen LogP contribution in [0.25, 0.3) is 27.9 Å². The van der Waals surface area contributed by atoms with Gasteiger partial charge in [0.1, 0.15) is 17.3 Å². The van der Waals surface area contributed by atoms with Gasteiger partial charge in [0.2, 0.25) is 5.71 Å². The number of fused-ring (bicyclic) bond motifs is 1. The highest BCUT2D eigenvalue weighted by molar-refractivity contribution is 6.45. The van der Waals surface area contributed by atoms with E-state index in [4.69, 9.17) is 20.8 Å². The molecule has 2 aromatic heterocycles. The maximum Gasteiger partial charge on any atom is 0.364 e. The number of aromatic nitrogens is 3. The van der Waals surface area contributed by atoms with Crippen molar-refractivity contribution in [3.8, 4) is 23.0 Å². The largest absolute Gasteiger partial charge is 0.421 e. The summed E-state index contributed by atoms with van der Waals surface area (Å²) in [4.78, 5) is 13.7. The van der Waals surface area contributed by atoms with Crippen LogP contribution in [0.3, 0.4) is 0 Å². The van der Waals surface area contributed by atoms with Crippen LogP contribution in [0, 0.1) is 16.7 Å². The van der Waals surface area contributed by atoms with Crippen molar-refractivity contribution in [2.45, 2.75) is 0 Å². The fourth-order valence-corrected chi connectivity index (χ4v) is 2.70. The maximum atomic E-state index is 12.5. The minimum atomic E-state index is -0.611. The number of hydrazone groups is 1. The minimum absolute atomic E-state index is 0.173. The van der Waals surface area contributed by atoms with Gasteiger partial charge in [-0.2, -0.15) is 15.5 Å². The number of benzene rings is 2. The third kappa shape index (κ3) is 3.63. The third-order valence-electron chi connectivity index (χ3n) is 4.15. The Bertz CT molecular complexity index is 1380. The number of nitrogens with one attached hydrogen (secondary N) is 2. The summed E-state index contributed by atoms with van der Waals surface area (Å²) in [5.74, 6) is -0.455. The molecule has 4 N–H and O–H groups in total. The number of nitrogens with zero attached hydrogens (tertiary/aromatic N) is 5. The van der Waals surface area contributed by atoms with Crippen LogP contribution in [-0.4, -0.2) is 26.5 Å². The number of anilines is 1. The number of rotatable bonds is 5. The lowest BCUT2D eigenvalue weighted by Crippen LogP contribution is -2.21. The van der Waals surface area contributed by atoms with Crippen LogP contribution < -0.4 is 16.8 Å². The summed E-state index contributed by atoms with van der Waals surface area (Å²) in [5, 5.41) is 29.1. The molecule has 10 heteroatoms. The molecule has 2 aromatic carbocycles. The van der Waals surface area contributed by atoms with E-state index in [2.05, 4.69) is 20.7 Å². The van der Waals surface area contributed by atoms with Gasteiger partial charge in [-0.3, -0.25) is 10.8 Å². The quantitative estimate of drug-likeness (QED) is 0.201. The van der Waals surface area contributed by atoms with Gasteiger partial charge in [0.25, 0.3) is 0 Å². The third-order valence-corrected chi connectivity index (χ3v) is 4.15. The number of nitriles is 1. The Morgan fingerprint density at radius 3 is 2.77 bits per heavy atom. The zero-order valence-corrected chi connectivity index (χ0v) is 15.4. The van der Waals surface area contributed by atoms with Gasteiger partial charge in [-0.05, 0) is 18.2 Å². The molecule has 2 heterocycles. The highest BCUT2D eigenvalue weighted by Gasteiger charge is 2.12. The Kier molecular flexibility index (Phi) is 4.76. The molecule has 146 valence electrons. The number of hydrogen-bond donors (Lipinski definition) is 3. The van der Waals surface area contributed by atoms with E-state index in [0.29, 0.717) is 22.4 Å². The van der Waals surface area contributed by atoms with Crippen LogP contribution in [0.15, 0.2) is 75.1 Å². The minimum Gasteiger partial charge on any atom is -0.421 e.